The van der Waals surface area contributed by atoms with Gasteiger partial charge in [-0.25, -0.2) is 16.8 Å². The van der Waals surface area contributed by atoms with Gasteiger partial charge in [-0.15, -0.1) is 0 Å². The van der Waals surface area contributed by atoms with Gasteiger partial charge in [-0.3, -0.25) is 0 Å². The second kappa shape index (κ2) is 7.45. The molecule has 5 nitrogen and oxygen atoms in total. The second-order valence-electron chi connectivity index (χ2n) is 5.73. The molecule has 2 aromatic rings. The van der Waals surface area contributed by atoms with Crippen molar-refractivity contribution < 1.29 is 16.8 Å². The number of sulfonamides is 2. The maximum absolute atomic E-state index is 13.1. The average molecular weight is 402 g/mol. The Labute approximate surface area is 154 Å². The first-order chi connectivity index (χ1) is 11.6. The topological polar surface area (TPSA) is 71.5 Å². The zero-order chi connectivity index (χ0) is 18.8. The van der Waals surface area contributed by atoms with Crippen molar-refractivity contribution in [1.29, 1.82) is 0 Å². The Balaban J connectivity index is 2.61. The van der Waals surface area contributed by atoms with E-state index in [4.69, 9.17) is 11.6 Å². The molecule has 2 aromatic carbocycles. The Morgan fingerprint density at radius 1 is 0.920 bits per heavy atom. The SMILES string of the molecule is CCCN(S(=O)(=O)c1ccc(Cl)cc1)S(=O)(=O)c1ccc(C)cc1C. The van der Waals surface area contributed by atoms with E-state index in [1.807, 2.05) is 6.92 Å². The molecule has 0 N–H and O–H groups in total. The average Bonchev–Trinajstić information content (AvgIpc) is 2.52. The minimum absolute atomic E-state index is 0.0101. The van der Waals surface area contributed by atoms with E-state index in [2.05, 4.69) is 0 Å². The van der Waals surface area contributed by atoms with Crippen molar-refractivity contribution >= 4 is 31.6 Å². The van der Waals surface area contributed by atoms with Crippen molar-refractivity contribution in [1.82, 2.24) is 3.71 Å². The Hall–Kier alpha value is -1.41. The van der Waals surface area contributed by atoms with Crippen LogP contribution in [0.1, 0.15) is 24.5 Å². The molecule has 0 aliphatic rings. The summed E-state index contributed by atoms with van der Waals surface area (Å²) in [6.45, 7) is 5.08. The fourth-order valence-electron chi connectivity index (χ4n) is 2.47. The summed E-state index contributed by atoms with van der Waals surface area (Å²) in [6, 6.07) is 10.3. The van der Waals surface area contributed by atoms with Gasteiger partial charge in [0, 0.05) is 11.6 Å². The first-order valence-corrected chi connectivity index (χ1v) is 11.0. The molecule has 25 heavy (non-hydrogen) atoms. The van der Waals surface area contributed by atoms with Crippen LogP contribution in [0, 0.1) is 13.8 Å². The van der Waals surface area contributed by atoms with Crippen LogP contribution in [0.2, 0.25) is 5.02 Å². The molecule has 8 heteroatoms. The molecule has 136 valence electrons. The summed E-state index contributed by atoms with van der Waals surface area (Å²) in [5.41, 5.74) is 1.41. The van der Waals surface area contributed by atoms with Crippen LogP contribution in [-0.4, -0.2) is 27.1 Å². The Morgan fingerprint density at radius 3 is 2.04 bits per heavy atom. The molecule has 0 aromatic heterocycles. The highest BCUT2D eigenvalue weighted by atomic mass is 35.5. The summed E-state index contributed by atoms with van der Waals surface area (Å²) in [5, 5.41) is 0.373. The lowest BCUT2D eigenvalue weighted by atomic mass is 10.2. The molecular formula is C17H20ClNO4S2. The molecule has 0 saturated heterocycles. The van der Waals surface area contributed by atoms with Crippen LogP contribution < -0.4 is 0 Å². The van der Waals surface area contributed by atoms with Gasteiger partial charge in [-0.2, -0.15) is 0 Å². The molecule has 0 heterocycles. The first kappa shape index (κ1) is 19.9. The van der Waals surface area contributed by atoms with Gasteiger partial charge in [0.15, 0.2) is 0 Å². The maximum Gasteiger partial charge on any atom is 0.256 e. The number of nitrogens with zero attached hydrogens (tertiary/aromatic N) is 1. The van der Waals surface area contributed by atoms with Gasteiger partial charge >= 0.3 is 0 Å². The van der Waals surface area contributed by atoms with Gasteiger partial charge in [0.1, 0.15) is 0 Å². The summed E-state index contributed by atoms with van der Waals surface area (Å²) < 4.78 is 52.6. The third kappa shape index (κ3) is 4.06. The van der Waals surface area contributed by atoms with Crippen LogP contribution in [0.15, 0.2) is 52.3 Å². The normalized spacial score (nSPS) is 12.5. The number of aryl methyl sites for hydroxylation is 2. The predicted octanol–water partition coefficient (Wildman–Crippen LogP) is 3.75. The molecular weight excluding hydrogens is 382 g/mol. The Kier molecular flexibility index (Phi) is 5.93. The molecule has 0 atom stereocenters. The molecule has 0 fully saturated rings. The lowest BCUT2D eigenvalue weighted by molar-refractivity contribution is 0.494. The minimum Gasteiger partial charge on any atom is -0.206 e. The van der Waals surface area contributed by atoms with Crippen molar-refractivity contribution in [3.05, 3.63) is 58.6 Å². The molecule has 0 radical (unpaired) electrons. The highest BCUT2D eigenvalue weighted by Crippen LogP contribution is 2.27. The standard InChI is InChI=1S/C17H20ClNO4S2/c1-4-11-19(24(20,21)16-8-6-15(18)7-9-16)25(22,23)17-10-5-13(2)12-14(17)3/h5-10,12H,4,11H2,1-3H3. The zero-order valence-electron chi connectivity index (χ0n) is 14.2. The predicted molar refractivity (Wildman–Crippen MR) is 98.7 cm³/mol. The van der Waals surface area contributed by atoms with Crippen LogP contribution in [0.4, 0.5) is 0 Å². The lowest BCUT2D eigenvalue weighted by Crippen LogP contribution is -2.37. The molecule has 0 spiro atoms. The number of hydrogen-bond donors (Lipinski definition) is 0. The van der Waals surface area contributed by atoms with Gasteiger partial charge in [-0.1, -0.05) is 39.9 Å². The van der Waals surface area contributed by atoms with Gasteiger partial charge in [0.05, 0.1) is 9.79 Å². The van der Waals surface area contributed by atoms with E-state index in [0.29, 0.717) is 20.7 Å². The number of hydrogen-bond acceptors (Lipinski definition) is 4. The highest BCUT2D eigenvalue weighted by molar-refractivity contribution is 8.04. The quantitative estimate of drug-likeness (QED) is 0.739. The van der Waals surface area contributed by atoms with Gasteiger partial charge in [0.25, 0.3) is 20.0 Å². The summed E-state index contributed by atoms with van der Waals surface area (Å²) >= 11 is 5.80. The summed E-state index contributed by atoms with van der Waals surface area (Å²) in [4.78, 5) is -0.122. The fourth-order valence-corrected chi connectivity index (χ4v) is 6.62. The smallest absolute Gasteiger partial charge is 0.206 e. The number of halogens is 1. The van der Waals surface area contributed by atoms with E-state index in [-0.39, 0.29) is 16.3 Å². The molecule has 2 rings (SSSR count). The van der Waals surface area contributed by atoms with E-state index in [1.54, 1.807) is 26.0 Å². The largest absolute Gasteiger partial charge is 0.256 e. The minimum atomic E-state index is -4.23. The zero-order valence-corrected chi connectivity index (χ0v) is 16.6. The van der Waals surface area contributed by atoms with Crippen LogP contribution in [0.25, 0.3) is 0 Å². The molecule has 0 aliphatic carbocycles. The van der Waals surface area contributed by atoms with Crippen molar-refractivity contribution in [2.24, 2.45) is 0 Å². The van der Waals surface area contributed by atoms with E-state index >= 15 is 0 Å². The fraction of sp³-hybridized carbons (Fsp3) is 0.294. The van der Waals surface area contributed by atoms with E-state index in [1.165, 1.54) is 30.3 Å². The lowest BCUT2D eigenvalue weighted by Gasteiger charge is -2.22. The Morgan fingerprint density at radius 2 is 1.52 bits per heavy atom. The van der Waals surface area contributed by atoms with Gasteiger partial charge in [-0.05, 0) is 56.2 Å². The number of rotatable bonds is 6. The maximum atomic E-state index is 13.1. The van der Waals surface area contributed by atoms with Gasteiger partial charge in [0.2, 0.25) is 0 Å². The van der Waals surface area contributed by atoms with Crippen molar-refractivity contribution in [2.45, 2.75) is 37.0 Å². The monoisotopic (exact) mass is 401 g/mol. The molecule has 0 aliphatic heterocycles. The van der Waals surface area contributed by atoms with Crippen molar-refractivity contribution in [3.63, 3.8) is 0 Å². The molecule has 0 amide bonds. The molecule has 0 unspecified atom stereocenters. The summed E-state index contributed by atoms with van der Waals surface area (Å²) in [6.07, 6.45) is 0.358. The third-order valence-electron chi connectivity index (χ3n) is 3.66. The molecule has 0 saturated carbocycles. The van der Waals surface area contributed by atoms with Gasteiger partial charge < -0.3 is 0 Å². The summed E-state index contributed by atoms with van der Waals surface area (Å²) in [7, 11) is -8.44. The molecule has 0 bridgehead atoms. The summed E-state index contributed by atoms with van der Waals surface area (Å²) in [5.74, 6) is 0. The van der Waals surface area contributed by atoms with Crippen LogP contribution in [0.5, 0.6) is 0 Å². The van der Waals surface area contributed by atoms with Crippen molar-refractivity contribution in [3.8, 4) is 0 Å². The van der Waals surface area contributed by atoms with E-state index in [9.17, 15) is 16.8 Å². The van der Waals surface area contributed by atoms with Crippen LogP contribution in [0.3, 0.4) is 0 Å². The van der Waals surface area contributed by atoms with Crippen LogP contribution in [-0.2, 0) is 20.0 Å². The third-order valence-corrected chi connectivity index (χ3v) is 8.41. The van der Waals surface area contributed by atoms with E-state index < -0.39 is 20.0 Å². The second-order valence-corrected chi connectivity index (χ2v) is 10.1. The highest BCUT2D eigenvalue weighted by Gasteiger charge is 2.36. The first-order valence-electron chi connectivity index (χ1n) is 7.71. The van der Waals surface area contributed by atoms with E-state index in [0.717, 1.165) is 5.56 Å². The number of benzene rings is 2. The van der Waals surface area contributed by atoms with Crippen LogP contribution >= 0.6 is 11.6 Å². The Bertz CT molecular complexity index is 968. The van der Waals surface area contributed by atoms with Crippen molar-refractivity contribution in [2.75, 3.05) is 6.54 Å².